The first-order valence-electron chi connectivity index (χ1n) is 39.8. The average molecular weight is 1850 g/mol. The van der Waals surface area contributed by atoms with Crippen LogP contribution in [0.15, 0.2) is 218 Å². The van der Waals surface area contributed by atoms with E-state index in [-0.39, 0.29) is 95.0 Å². The molecular formula is C84H102ClFN16O13S8. The predicted octanol–water partition coefficient (Wildman–Crippen LogP) is 15.3. The third-order valence-corrected chi connectivity index (χ3v) is 32.0. The Labute approximate surface area is 745 Å². The van der Waals surface area contributed by atoms with E-state index in [9.17, 15) is 57.2 Å². The number of carbonyl (C=O) groups excluding carboxylic acids is 4. The van der Waals surface area contributed by atoms with Crippen molar-refractivity contribution >= 4 is 181 Å². The maximum absolute atomic E-state index is 13.8. The first kappa shape index (κ1) is 85.9. The van der Waals surface area contributed by atoms with Crippen LogP contribution in [0.1, 0.15) is 80.5 Å². The van der Waals surface area contributed by atoms with Gasteiger partial charge in [0.05, 0.1) is 37.8 Å². The van der Waals surface area contributed by atoms with Crippen LogP contribution in [0.25, 0.3) is 0 Å². The number of anilines is 11. The van der Waals surface area contributed by atoms with Crippen LogP contribution in [0.3, 0.4) is 0 Å². The van der Waals surface area contributed by atoms with E-state index in [0.717, 1.165) is 105 Å². The average Bonchev–Trinajstić information content (AvgIpc) is 1.62. The van der Waals surface area contributed by atoms with Crippen molar-refractivity contribution in [2.45, 2.75) is 121 Å². The highest BCUT2D eigenvalue weighted by Crippen LogP contribution is 2.42. The van der Waals surface area contributed by atoms with Gasteiger partial charge < -0.3 is 39.0 Å². The minimum atomic E-state index is -3.76. The molecule has 8 aliphatic rings. The van der Waals surface area contributed by atoms with Crippen LogP contribution in [0.2, 0.25) is 5.02 Å². The molecule has 8 aliphatic heterocycles. The number of nitrogens with zero attached hydrogens (tertiary/aromatic N) is 12. The number of piperidine rings is 1. The maximum atomic E-state index is 13.8. The normalized spacial score (nSPS) is 19.7. The van der Waals surface area contributed by atoms with Gasteiger partial charge in [0.1, 0.15) is 29.7 Å². The molecule has 12 heterocycles. The quantitative estimate of drug-likeness (QED) is 0.0519. The number of benzene rings is 7. The Bertz CT molecular complexity index is 6190. The van der Waals surface area contributed by atoms with Gasteiger partial charge in [-0.1, -0.05) is 36.7 Å². The highest BCUT2D eigenvalue weighted by Gasteiger charge is 2.45. The van der Waals surface area contributed by atoms with Crippen LogP contribution >= 0.6 is 56.9 Å². The highest BCUT2D eigenvalue weighted by atomic mass is 35.5. The SMILES string of the molecule is CC1CCN([C@H]2CCN(c3ccc(S(=O)(=O)Nc4nccs4)cc3)C2=O)CC1.CC1Cc2ccccc2N1[C@@H]1CCN(c2ccc(S(=O)(=O)Nc3nccs3)cc2)C1=O.COc1ccc2c(c1)CCN2[C@H]1CCN(c2ccc(S(=O)(=O)Nc3nccs3)cc2)C1=O.O=C1[C@@H](N2CCc3cc(F)c(Cl)cc32)CCN1c1ccc(S(=O)(=O)Nc2nccs2)cc1.[HH].[HH].[HH].[HH].[HH].[HH].[HH].[HH]. The number of rotatable bonds is 21. The van der Waals surface area contributed by atoms with Gasteiger partial charge >= 0.3 is 0 Å². The number of sulfonamides is 4. The lowest BCUT2D eigenvalue weighted by Gasteiger charge is -2.33. The molecule has 0 bridgehead atoms. The van der Waals surface area contributed by atoms with Crippen LogP contribution < -0.4 is 57.9 Å². The molecule has 1 unspecified atom stereocenters. The Kier molecular flexibility index (Phi) is 25.3. The van der Waals surface area contributed by atoms with Gasteiger partial charge in [-0.25, -0.2) is 58.0 Å². The Morgan fingerprint density at radius 2 is 0.780 bits per heavy atom. The summed E-state index contributed by atoms with van der Waals surface area (Å²) in [6, 6.07) is 42.2. The molecule has 5 saturated heterocycles. The van der Waals surface area contributed by atoms with E-state index < -0.39 is 45.9 Å². The lowest BCUT2D eigenvalue weighted by atomic mass is 9.97. The van der Waals surface area contributed by atoms with E-state index in [0.29, 0.717) is 78.0 Å². The third-order valence-electron chi connectivity index (χ3n) is 23.0. The molecule has 658 valence electrons. The Hall–Kier alpha value is -10.7. The van der Waals surface area contributed by atoms with Crippen molar-refractivity contribution in [2.24, 2.45) is 5.92 Å². The van der Waals surface area contributed by atoms with Crippen LogP contribution in [0.4, 0.5) is 64.7 Å². The minimum absolute atomic E-state index is 0. The Morgan fingerprint density at radius 3 is 1.18 bits per heavy atom. The molecule has 0 aliphatic carbocycles. The molecule has 19 rings (SSSR count). The summed E-state index contributed by atoms with van der Waals surface area (Å²) in [6.07, 6.45) is 13.8. The van der Waals surface area contributed by atoms with E-state index >= 15 is 0 Å². The van der Waals surface area contributed by atoms with Crippen molar-refractivity contribution in [2.75, 3.05) is 113 Å². The number of amides is 4. The summed E-state index contributed by atoms with van der Waals surface area (Å²) < 4.78 is 129. The van der Waals surface area contributed by atoms with Crippen LogP contribution in [-0.4, -0.2) is 172 Å². The molecule has 0 spiro atoms. The fraction of sp³-hybridized carbons (Fsp3) is 0.310. The van der Waals surface area contributed by atoms with Gasteiger partial charge in [0.25, 0.3) is 40.1 Å². The largest absolute Gasteiger partial charge is 0.497 e. The van der Waals surface area contributed by atoms with Gasteiger partial charge in [-0.3, -0.25) is 43.0 Å². The molecule has 11 aromatic rings. The zero-order valence-corrected chi connectivity index (χ0v) is 74.0. The summed E-state index contributed by atoms with van der Waals surface area (Å²) in [5.74, 6) is 1.23. The molecule has 5 atom stereocenters. The van der Waals surface area contributed by atoms with Gasteiger partial charge in [-0.05, 0) is 234 Å². The first-order valence-corrected chi connectivity index (χ1v) is 49.6. The first-order chi connectivity index (χ1) is 59.2. The number of halogens is 2. The summed E-state index contributed by atoms with van der Waals surface area (Å²) >= 11 is 10.8. The van der Waals surface area contributed by atoms with Crippen LogP contribution in [-0.2, 0) is 78.5 Å². The molecule has 4 amide bonds. The van der Waals surface area contributed by atoms with E-state index in [1.807, 2.05) is 35.2 Å². The third kappa shape index (κ3) is 18.6. The van der Waals surface area contributed by atoms with Crippen molar-refractivity contribution in [1.29, 1.82) is 0 Å². The minimum Gasteiger partial charge on any atom is -0.497 e. The van der Waals surface area contributed by atoms with Crippen molar-refractivity contribution in [3.8, 4) is 5.75 Å². The molecule has 29 nitrogen and oxygen atoms in total. The second-order valence-corrected chi connectivity index (χ2v) is 41.2. The van der Waals surface area contributed by atoms with Gasteiger partial charge in [0, 0.05) is 143 Å². The highest BCUT2D eigenvalue weighted by molar-refractivity contribution is 7.93. The van der Waals surface area contributed by atoms with Crippen molar-refractivity contribution in [3.05, 3.63) is 225 Å². The van der Waals surface area contributed by atoms with Crippen molar-refractivity contribution < 1.29 is 73.4 Å². The van der Waals surface area contributed by atoms with Crippen molar-refractivity contribution in [1.82, 2.24) is 24.8 Å². The second kappa shape index (κ2) is 36.3. The van der Waals surface area contributed by atoms with Gasteiger partial charge in [-0.15, -0.1) is 45.3 Å². The smallest absolute Gasteiger partial charge is 0.263 e. The number of fused-ring (bicyclic) bond motifs is 3. The number of hydrogen-bond acceptors (Lipinski definition) is 25. The lowest BCUT2D eigenvalue weighted by Crippen LogP contribution is -2.45. The Morgan fingerprint density at radius 1 is 0.415 bits per heavy atom. The monoisotopic (exact) mass is 1850 g/mol. The van der Waals surface area contributed by atoms with Crippen molar-refractivity contribution in [3.63, 3.8) is 0 Å². The summed E-state index contributed by atoms with van der Waals surface area (Å²) in [4.78, 5) is 84.6. The second-order valence-electron chi connectivity index (χ2n) is 30.5. The molecular weight excluding hydrogens is 1750 g/mol. The number of para-hydroxylation sites is 1. The fourth-order valence-corrected chi connectivity index (χ4v) is 24.2. The van der Waals surface area contributed by atoms with Gasteiger partial charge in [0.2, 0.25) is 23.6 Å². The molecule has 4 N–H and O–H groups in total. The number of ether oxygens (including phenoxy) is 1. The molecule has 4 aromatic heterocycles. The predicted molar refractivity (Wildman–Crippen MR) is 496 cm³/mol. The number of aromatic nitrogens is 4. The standard InChI is InChI=1S/C22H22N4O4S2.C22H22N4O3S2.C21H18ClFN4O3S2.C19H24N4O3S2.8H2/c1-30-17-4-7-19-15(14-17)8-11-26(19)20-9-12-25(21(20)27)16-2-5-18(6-3-16)32(28,29)24-22-23-10-13-31-22;1-15-14-16-4-2-3-5-19(16)26(15)20-10-12-25(21(20)27)17-6-8-18(9-7-17)31(28,29)24-22-23-11-13-30-22;22-16-12-19-13(11-17(16)23)5-8-27(19)18-6-9-26(20(18)28)14-1-3-15(4-2-14)32(29,30)25-21-24-7-10-31-21;1-14-6-10-22(11-7-14)17-8-12-23(18(17)24)15-2-4-16(5-3-15)28(25,26)21-19-20-9-13-27-19;;;;;;;;/h2-7,10,13-14,20H,8-9,11-12H2,1H3,(H,23,24);2-9,11,13,15,20H,10,12,14H2,1H3,(H,23,24);1-4,7,10-12,18H,5-6,8-9H2,(H,24,25);2-5,9,13-14,17H,6-8,10-12H2,1H3,(H,20,21);8*1H/t20-;15?,20-;18-;17-;;;;;;;;/m0100......../s1. The summed E-state index contributed by atoms with van der Waals surface area (Å²) in [6.45, 7) is 10.2. The molecule has 7 aromatic carbocycles. The number of hydrogen-bond donors (Lipinski definition) is 4. The van der Waals surface area contributed by atoms with E-state index in [1.165, 1.54) is 123 Å². The van der Waals surface area contributed by atoms with Crippen LogP contribution in [0, 0.1) is 11.7 Å². The van der Waals surface area contributed by atoms with E-state index in [2.05, 4.69) is 79.5 Å². The number of thiazole rings is 4. The number of methoxy groups -OCH3 is 1. The Balaban J connectivity index is 0.000000211. The summed E-state index contributed by atoms with van der Waals surface area (Å²) in [5, 5.41) is 8.09. The topological polar surface area (TPSA) is 340 Å². The fourth-order valence-electron chi connectivity index (χ4n) is 16.9. The summed E-state index contributed by atoms with van der Waals surface area (Å²) in [7, 11) is -13.2. The number of carbonyl (C=O) groups is 4. The molecule has 39 heteroatoms. The number of likely N-dealkylation sites (tertiary alicyclic amines) is 1. The zero-order chi connectivity index (χ0) is 86.1. The zero-order valence-electron chi connectivity index (χ0n) is 66.7. The van der Waals surface area contributed by atoms with E-state index in [1.54, 1.807) is 115 Å². The van der Waals surface area contributed by atoms with Gasteiger partial charge in [-0.2, -0.15) is 0 Å². The molecule has 5 fully saturated rings. The van der Waals surface area contributed by atoms with E-state index in [4.69, 9.17) is 16.3 Å². The summed E-state index contributed by atoms with van der Waals surface area (Å²) in [5.41, 5.74) is 9.12. The lowest BCUT2D eigenvalue weighted by molar-refractivity contribution is -0.122. The number of nitrogens with one attached hydrogen (secondary N) is 4. The van der Waals surface area contributed by atoms with Crippen LogP contribution in [0.5, 0.6) is 5.75 Å². The molecule has 123 heavy (non-hydrogen) atoms. The maximum Gasteiger partial charge on any atom is 0.263 e. The van der Waals surface area contributed by atoms with Gasteiger partial charge in [0.15, 0.2) is 20.5 Å². The molecule has 0 saturated carbocycles. The molecule has 0 radical (unpaired) electrons.